The summed E-state index contributed by atoms with van der Waals surface area (Å²) in [6.45, 7) is 3.05. The molecule has 3 N–H and O–H groups in total. The van der Waals surface area contributed by atoms with Gasteiger partial charge in [-0.25, -0.2) is 0 Å². The Morgan fingerprint density at radius 2 is 2.26 bits per heavy atom. The van der Waals surface area contributed by atoms with Gasteiger partial charge in [-0.15, -0.1) is 0 Å². The lowest BCUT2D eigenvalue weighted by molar-refractivity contribution is -0.122. The highest BCUT2D eigenvalue weighted by Gasteiger charge is 2.08. The molecule has 0 aliphatic carbocycles. The summed E-state index contributed by atoms with van der Waals surface area (Å²) in [5.74, 6) is 0.234. The lowest BCUT2D eigenvalue weighted by Gasteiger charge is -2.11. The maximum absolute atomic E-state index is 11.7. The Labute approximate surface area is 119 Å². The summed E-state index contributed by atoms with van der Waals surface area (Å²) in [5, 5.41) is 2.88. The van der Waals surface area contributed by atoms with Gasteiger partial charge in [0.05, 0.1) is 0 Å². The number of hydrogen-bond acceptors (Lipinski definition) is 3. The van der Waals surface area contributed by atoms with Crippen molar-refractivity contribution in [1.82, 2.24) is 5.32 Å². The third-order valence-corrected chi connectivity index (χ3v) is 2.92. The Balaban J connectivity index is 2.46. The number of thiocarbonyl (C=S) groups is 1. The molecule has 0 aliphatic rings. The van der Waals surface area contributed by atoms with Crippen LogP contribution in [-0.4, -0.2) is 24.6 Å². The van der Waals surface area contributed by atoms with Crippen LogP contribution >= 0.6 is 12.2 Å². The molecule has 5 heteroatoms. The Morgan fingerprint density at radius 1 is 1.53 bits per heavy atom. The van der Waals surface area contributed by atoms with E-state index in [0.29, 0.717) is 24.6 Å². The molecule has 4 nitrogen and oxygen atoms in total. The number of rotatable bonds is 7. The monoisotopic (exact) mass is 280 g/mol. The van der Waals surface area contributed by atoms with Gasteiger partial charge in [-0.3, -0.25) is 4.79 Å². The lowest BCUT2D eigenvalue weighted by atomic mass is 10.1. The van der Waals surface area contributed by atoms with Crippen molar-refractivity contribution in [3.05, 3.63) is 35.4 Å². The first kappa shape index (κ1) is 15.6. The normalized spacial score (nSPS) is 11.9. The zero-order chi connectivity index (χ0) is 14.3. The number of carbonyl (C=O) groups excluding carboxylic acids is 1. The third-order valence-electron chi connectivity index (χ3n) is 2.69. The molecular formula is C14H20N2O2S. The molecule has 0 heterocycles. The van der Waals surface area contributed by atoms with Gasteiger partial charge in [0.15, 0.2) is 0 Å². The van der Waals surface area contributed by atoms with Gasteiger partial charge in [-0.2, -0.15) is 0 Å². The summed E-state index contributed by atoms with van der Waals surface area (Å²) in [7, 11) is 1.63. The number of amides is 1. The smallest absolute Gasteiger partial charge is 0.220 e. The molecule has 1 unspecified atom stereocenters. The zero-order valence-electron chi connectivity index (χ0n) is 11.3. The van der Waals surface area contributed by atoms with E-state index in [1.807, 2.05) is 31.2 Å². The number of benzene rings is 1. The number of nitrogens with one attached hydrogen (secondary N) is 1. The fourth-order valence-corrected chi connectivity index (χ4v) is 1.89. The minimum atomic E-state index is 0.0188. The summed E-state index contributed by atoms with van der Waals surface area (Å²) in [4.78, 5) is 12.1. The number of carbonyl (C=O) groups is 1. The van der Waals surface area contributed by atoms with Crippen LogP contribution in [0.2, 0.25) is 0 Å². The molecule has 0 aliphatic heterocycles. The SMILES string of the molecule is COCC(C)CC(=O)NCc1cccc(C(N)=S)c1. The van der Waals surface area contributed by atoms with Gasteiger partial charge in [0.2, 0.25) is 5.91 Å². The van der Waals surface area contributed by atoms with Crippen LogP contribution in [0.25, 0.3) is 0 Å². The Kier molecular flexibility index (Phi) is 6.45. The van der Waals surface area contributed by atoms with E-state index >= 15 is 0 Å². The first-order chi connectivity index (χ1) is 9.02. The van der Waals surface area contributed by atoms with E-state index in [0.717, 1.165) is 11.1 Å². The van der Waals surface area contributed by atoms with Crippen LogP contribution in [0, 0.1) is 5.92 Å². The number of hydrogen-bond donors (Lipinski definition) is 2. The van der Waals surface area contributed by atoms with Crippen LogP contribution in [0.15, 0.2) is 24.3 Å². The third kappa shape index (κ3) is 5.81. The van der Waals surface area contributed by atoms with E-state index in [2.05, 4.69) is 5.32 Å². The molecule has 1 atom stereocenters. The van der Waals surface area contributed by atoms with Crippen molar-refractivity contribution in [3.8, 4) is 0 Å². The highest BCUT2D eigenvalue weighted by atomic mass is 32.1. The Bertz CT molecular complexity index is 449. The first-order valence-electron chi connectivity index (χ1n) is 6.17. The van der Waals surface area contributed by atoms with Crippen LogP contribution < -0.4 is 11.1 Å². The van der Waals surface area contributed by atoms with Crippen LogP contribution in [-0.2, 0) is 16.1 Å². The maximum atomic E-state index is 11.7. The molecule has 0 saturated carbocycles. The molecule has 0 aromatic heterocycles. The number of nitrogens with two attached hydrogens (primary N) is 1. The van der Waals surface area contributed by atoms with E-state index in [9.17, 15) is 4.79 Å². The van der Waals surface area contributed by atoms with E-state index in [1.165, 1.54) is 0 Å². The average Bonchev–Trinajstić information content (AvgIpc) is 2.37. The summed E-state index contributed by atoms with van der Waals surface area (Å²) in [5.41, 5.74) is 7.37. The topological polar surface area (TPSA) is 64.3 Å². The standard InChI is InChI=1S/C14H20N2O2S/c1-10(9-18-2)6-13(17)16-8-11-4-3-5-12(7-11)14(15)19/h3-5,7,10H,6,8-9H2,1-2H3,(H2,15,19)(H,16,17). The Hall–Kier alpha value is -1.46. The van der Waals surface area contributed by atoms with E-state index < -0.39 is 0 Å². The quantitative estimate of drug-likeness (QED) is 0.745. The molecule has 1 aromatic carbocycles. The molecule has 1 aromatic rings. The van der Waals surface area contributed by atoms with E-state index in [-0.39, 0.29) is 11.8 Å². The van der Waals surface area contributed by atoms with Crippen LogP contribution in [0.1, 0.15) is 24.5 Å². The van der Waals surface area contributed by atoms with Crippen molar-refractivity contribution in [2.45, 2.75) is 19.9 Å². The second-order valence-corrected chi connectivity index (χ2v) is 5.05. The summed E-state index contributed by atoms with van der Waals surface area (Å²) in [6, 6.07) is 7.56. The number of methoxy groups -OCH3 is 1. The lowest BCUT2D eigenvalue weighted by Crippen LogP contribution is -2.25. The molecule has 0 saturated heterocycles. The summed E-state index contributed by atoms with van der Waals surface area (Å²) in [6.07, 6.45) is 0.461. The molecular weight excluding hydrogens is 260 g/mol. The van der Waals surface area contributed by atoms with Crippen LogP contribution in [0.4, 0.5) is 0 Å². The van der Waals surface area contributed by atoms with Gasteiger partial charge in [-0.05, 0) is 17.5 Å². The summed E-state index contributed by atoms with van der Waals surface area (Å²) < 4.78 is 5.00. The second kappa shape index (κ2) is 7.86. The van der Waals surface area contributed by atoms with Gasteiger partial charge < -0.3 is 15.8 Å². The van der Waals surface area contributed by atoms with Crippen molar-refractivity contribution < 1.29 is 9.53 Å². The largest absolute Gasteiger partial charge is 0.389 e. The fourth-order valence-electron chi connectivity index (χ4n) is 1.77. The average molecular weight is 280 g/mol. The van der Waals surface area contributed by atoms with Gasteiger partial charge in [0.1, 0.15) is 4.99 Å². The van der Waals surface area contributed by atoms with Crippen LogP contribution in [0.5, 0.6) is 0 Å². The number of ether oxygens (including phenoxy) is 1. The predicted octanol–water partition coefficient (Wildman–Crippen LogP) is 1.61. The van der Waals surface area contributed by atoms with Crippen molar-refractivity contribution in [2.24, 2.45) is 11.7 Å². The highest BCUT2D eigenvalue weighted by Crippen LogP contribution is 2.06. The van der Waals surface area contributed by atoms with Crippen molar-refractivity contribution in [3.63, 3.8) is 0 Å². The van der Waals surface area contributed by atoms with E-state index in [1.54, 1.807) is 7.11 Å². The molecule has 1 rings (SSSR count). The van der Waals surface area contributed by atoms with Gasteiger partial charge in [0, 0.05) is 32.2 Å². The molecule has 0 fully saturated rings. The van der Waals surface area contributed by atoms with Crippen molar-refractivity contribution in [2.75, 3.05) is 13.7 Å². The molecule has 19 heavy (non-hydrogen) atoms. The van der Waals surface area contributed by atoms with Gasteiger partial charge in [0.25, 0.3) is 0 Å². The van der Waals surface area contributed by atoms with E-state index in [4.69, 9.17) is 22.7 Å². The Morgan fingerprint density at radius 3 is 2.89 bits per heavy atom. The highest BCUT2D eigenvalue weighted by molar-refractivity contribution is 7.80. The molecule has 1 amide bonds. The van der Waals surface area contributed by atoms with Gasteiger partial charge in [-0.1, -0.05) is 37.3 Å². The molecule has 104 valence electrons. The summed E-state index contributed by atoms with van der Waals surface area (Å²) >= 11 is 4.92. The van der Waals surface area contributed by atoms with Crippen molar-refractivity contribution in [1.29, 1.82) is 0 Å². The minimum Gasteiger partial charge on any atom is -0.389 e. The fraction of sp³-hybridized carbons (Fsp3) is 0.429. The van der Waals surface area contributed by atoms with Crippen LogP contribution in [0.3, 0.4) is 0 Å². The van der Waals surface area contributed by atoms with Gasteiger partial charge >= 0.3 is 0 Å². The zero-order valence-corrected chi connectivity index (χ0v) is 12.1. The molecule has 0 spiro atoms. The molecule has 0 bridgehead atoms. The van der Waals surface area contributed by atoms with Crippen molar-refractivity contribution >= 4 is 23.1 Å². The maximum Gasteiger partial charge on any atom is 0.220 e. The minimum absolute atomic E-state index is 0.0188. The second-order valence-electron chi connectivity index (χ2n) is 4.61. The predicted molar refractivity (Wildman–Crippen MR) is 79.8 cm³/mol. The molecule has 0 radical (unpaired) electrons. The first-order valence-corrected chi connectivity index (χ1v) is 6.58.